The van der Waals surface area contributed by atoms with E-state index in [0.29, 0.717) is 13.1 Å². The van der Waals surface area contributed by atoms with Crippen molar-refractivity contribution in [3.05, 3.63) is 64.7 Å². The van der Waals surface area contributed by atoms with E-state index >= 15 is 0 Å². The van der Waals surface area contributed by atoms with Crippen molar-refractivity contribution in [3.8, 4) is 11.5 Å². The molecule has 3 aromatic rings. The lowest BCUT2D eigenvalue weighted by Crippen LogP contribution is -2.49. The second-order valence-corrected chi connectivity index (χ2v) is 8.18. The molecule has 6 nitrogen and oxygen atoms in total. The maximum atomic E-state index is 12.2. The maximum absolute atomic E-state index is 12.2. The molecule has 1 aliphatic rings. The fourth-order valence-electron chi connectivity index (χ4n) is 3.47. The van der Waals surface area contributed by atoms with Gasteiger partial charge < -0.3 is 9.73 Å². The molecule has 3 heterocycles. The number of nitrogens with one attached hydrogen (secondary N) is 1. The van der Waals surface area contributed by atoms with Gasteiger partial charge in [0.2, 0.25) is 5.91 Å². The summed E-state index contributed by atoms with van der Waals surface area (Å²) in [5, 5.41) is 6.18. The molecular weight excluding hydrogens is 384 g/mol. The number of hydrogen-bond acceptors (Lipinski definition) is 6. The highest BCUT2D eigenvalue weighted by Gasteiger charge is 2.20. The molecule has 0 atom stereocenters. The average molecular weight is 411 g/mol. The molecule has 4 rings (SSSR count). The van der Waals surface area contributed by atoms with E-state index in [2.05, 4.69) is 32.2 Å². The summed E-state index contributed by atoms with van der Waals surface area (Å²) in [7, 11) is 0. The van der Waals surface area contributed by atoms with Crippen molar-refractivity contribution in [2.45, 2.75) is 13.0 Å². The van der Waals surface area contributed by atoms with Crippen LogP contribution in [0.5, 0.6) is 0 Å². The number of carbonyl (C=O) groups is 1. The van der Waals surface area contributed by atoms with Crippen molar-refractivity contribution in [2.24, 2.45) is 0 Å². The smallest absolute Gasteiger partial charge is 0.234 e. The van der Waals surface area contributed by atoms with Gasteiger partial charge in [0.25, 0.3) is 0 Å². The largest absolute Gasteiger partial charge is 0.463 e. The van der Waals surface area contributed by atoms with Crippen LogP contribution in [0.25, 0.3) is 11.5 Å². The number of furan rings is 1. The first kappa shape index (κ1) is 19.8. The van der Waals surface area contributed by atoms with Gasteiger partial charge in [-0.05, 0) is 24.1 Å². The predicted molar refractivity (Wildman–Crippen MR) is 115 cm³/mol. The van der Waals surface area contributed by atoms with Crippen LogP contribution in [-0.4, -0.2) is 60.0 Å². The number of benzene rings is 1. The fraction of sp³-hybridized carbons (Fsp3) is 0.364. The van der Waals surface area contributed by atoms with Crippen LogP contribution in [0.3, 0.4) is 0 Å². The lowest BCUT2D eigenvalue weighted by atomic mass is 10.1. The molecule has 29 heavy (non-hydrogen) atoms. The van der Waals surface area contributed by atoms with Gasteiger partial charge in [-0.1, -0.05) is 30.3 Å². The first-order valence-electron chi connectivity index (χ1n) is 10.00. The van der Waals surface area contributed by atoms with Gasteiger partial charge in [-0.15, -0.1) is 11.3 Å². The molecule has 1 aromatic carbocycles. The summed E-state index contributed by atoms with van der Waals surface area (Å²) in [4.78, 5) is 21.5. The van der Waals surface area contributed by atoms with Crippen LogP contribution < -0.4 is 5.32 Å². The van der Waals surface area contributed by atoms with E-state index in [1.165, 1.54) is 5.56 Å². The zero-order valence-electron chi connectivity index (χ0n) is 16.4. The Morgan fingerprint density at radius 1 is 1.07 bits per heavy atom. The molecule has 0 saturated carbocycles. The molecule has 1 aliphatic heterocycles. The Morgan fingerprint density at radius 3 is 2.62 bits per heavy atom. The van der Waals surface area contributed by atoms with Gasteiger partial charge >= 0.3 is 0 Å². The molecule has 0 radical (unpaired) electrons. The quantitative estimate of drug-likeness (QED) is 0.619. The predicted octanol–water partition coefficient (Wildman–Crippen LogP) is 2.88. The number of nitrogens with zero attached hydrogens (tertiary/aromatic N) is 3. The van der Waals surface area contributed by atoms with Gasteiger partial charge in [0.15, 0.2) is 5.76 Å². The van der Waals surface area contributed by atoms with Crippen molar-refractivity contribution in [2.75, 3.05) is 39.3 Å². The Morgan fingerprint density at radius 2 is 1.86 bits per heavy atom. The molecule has 2 aromatic heterocycles. The van der Waals surface area contributed by atoms with Gasteiger partial charge in [0.1, 0.15) is 10.7 Å². The summed E-state index contributed by atoms with van der Waals surface area (Å²) in [6, 6.07) is 14.1. The van der Waals surface area contributed by atoms with Crippen molar-refractivity contribution in [1.29, 1.82) is 0 Å². The molecular formula is C22H26N4O2S. The molecule has 1 amide bonds. The minimum absolute atomic E-state index is 0.109. The van der Waals surface area contributed by atoms with E-state index in [-0.39, 0.29) is 5.91 Å². The topological polar surface area (TPSA) is 61.6 Å². The molecule has 1 saturated heterocycles. The Labute approximate surface area is 175 Å². The third-order valence-electron chi connectivity index (χ3n) is 5.10. The molecule has 0 bridgehead atoms. The summed E-state index contributed by atoms with van der Waals surface area (Å²) in [6.07, 6.45) is 2.54. The Bertz CT molecular complexity index is 887. The van der Waals surface area contributed by atoms with Gasteiger partial charge in [-0.3, -0.25) is 14.6 Å². The van der Waals surface area contributed by atoms with E-state index in [1.807, 2.05) is 35.7 Å². The second-order valence-electron chi connectivity index (χ2n) is 7.24. The third-order valence-corrected chi connectivity index (χ3v) is 5.93. The standard InChI is InChI=1S/C22H26N4O2S/c27-21(23-9-8-18-5-2-1-3-6-18)15-25-10-12-26(13-11-25)16-22-24-19(17-29-22)20-7-4-14-28-20/h1-7,14,17H,8-13,15-16H2,(H,23,27). The van der Waals surface area contributed by atoms with E-state index in [4.69, 9.17) is 4.42 Å². The van der Waals surface area contributed by atoms with Crippen LogP contribution in [0.15, 0.2) is 58.5 Å². The maximum Gasteiger partial charge on any atom is 0.234 e. The lowest BCUT2D eigenvalue weighted by molar-refractivity contribution is -0.122. The van der Waals surface area contributed by atoms with Gasteiger partial charge in [-0.2, -0.15) is 0 Å². The first-order chi connectivity index (χ1) is 14.3. The number of thiazole rings is 1. The summed E-state index contributed by atoms with van der Waals surface area (Å²) in [6.45, 7) is 5.72. The first-order valence-corrected chi connectivity index (χ1v) is 10.9. The molecule has 1 fully saturated rings. The molecule has 0 spiro atoms. The Hall–Kier alpha value is -2.48. The van der Waals surface area contributed by atoms with Crippen LogP contribution in [0.2, 0.25) is 0 Å². The van der Waals surface area contributed by atoms with E-state index in [9.17, 15) is 4.79 Å². The molecule has 7 heteroatoms. The van der Waals surface area contributed by atoms with E-state index in [0.717, 1.165) is 55.6 Å². The van der Waals surface area contributed by atoms with Crippen molar-refractivity contribution < 1.29 is 9.21 Å². The Kier molecular flexibility index (Phi) is 6.71. The summed E-state index contributed by atoms with van der Waals surface area (Å²) < 4.78 is 5.41. The summed E-state index contributed by atoms with van der Waals surface area (Å²) in [5.41, 5.74) is 2.15. The minimum Gasteiger partial charge on any atom is -0.463 e. The van der Waals surface area contributed by atoms with Crippen molar-refractivity contribution >= 4 is 17.2 Å². The van der Waals surface area contributed by atoms with E-state index in [1.54, 1.807) is 17.6 Å². The van der Waals surface area contributed by atoms with Gasteiger partial charge in [-0.25, -0.2) is 4.98 Å². The molecule has 152 valence electrons. The highest BCUT2D eigenvalue weighted by Crippen LogP contribution is 2.23. The zero-order valence-corrected chi connectivity index (χ0v) is 17.2. The lowest BCUT2D eigenvalue weighted by Gasteiger charge is -2.33. The number of amides is 1. The number of hydrogen-bond donors (Lipinski definition) is 1. The molecule has 1 N–H and O–H groups in total. The number of aromatic nitrogens is 1. The zero-order chi connectivity index (χ0) is 19.9. The van der Waals surface area contributed by atoms with Gasteiger partial charge in [0, 0.05) is 38.1 Å². The minimum atomic E-state index is 0.109. The summed E-state index contributed by atoms with van der Waals surface area (Å²) in [5.74, 6) is 0.924. The normalized spacial score (nSPS) is 15.4. The number of carbonyl (C=O) groups excluding carboxylic acids is 1. The number of rotatable bonds is 8. The van der Waals surface area contributed by atoms with Crippen molar-refractivity contribution in [3.63, 3.8) is 0 Å². The van der Waals surface area contributed by atoms with Crippen LogP contribution in [0, 0.1) is 0 Å². The highest BCUT2D eigenvalue weighted by molar-refractivity contribution is 7.09. The Balaban J connectivity index is 1.15. The number of piperazine rings is 1. The van der Waals surface area contributed by atoms with Crippen LogP contribution in [-0.2, 0) is 17.8 Å². The fourth-order valence-corrected chi connectivity index (χ4v) is 4.29. The van der Waals surface area contributed by atoms with Crippen molar-refractivity contribution in [1.82, 2.24) is 20.1 Å². The third kappa shape index (κ3) is 5.76. The van der Waals surface area contributed by atoms with Crippen LogP contribution in [0.1, 0.15) is 10.6 Å². The molecule has 0 unspecified atom stereocenters. The van der Waals surface area contributed by atoms with Crippen LogP contribution in [0.4, 0.5) is 0 Å². The average Bonchev–Trinajstić information content (AvgIpc) is 3.42. The SMILES string of the molecule is O=C(CN1CCN(Cc2nc(-c3ccco3)cs2)CC1)NCCc1ccccc1. The second kappa shape index (κ2) is 9.82. The monoisotopic (exact) mass is 410 g/mol. The highest BCUT2D eigenvalue weighted by atomic mass is 32.1. The summed E-state index contributed by atoms with van der Waals surface area (Å²) >= 11 is 1.67. The van der Waals surface area contributed by atoms with Gasteiger partial charge in [0.05, 0.1) is 19.4 Å². The van der Waals surface area contributed by atoms with Crippen LogP contribution >= 0.6 is 11.3 Å². The van der Waals surface area contributed by atoms with E-state index < -0.39 is 0 Å². The molecule has 0 aliphatic carbocycles.